The van der Waals surface area contributed by atoms with Gasteiger partial charge in [-0.05, 0) is 43.1 Å². The van der Waals surface area contributed by atoms with Gasteiger partial charge in [-0.2, -0.15) is 0 Å². The first-order chi connectivity index (χ1) is 9.95. The van der Waals surface area contributed by atoms with Gasteiger partial charge in [0.05, 0.1) is 12.2 Å². The topological polar surface area (TPSA) is 38.8 Å². The highest BCUT2D eigenvalue weighted by Crippen LogP contribution is 2.20. The summed E-state index contributed by atoms with van der Waals surface area (Å²) in [5.41, 5.74) is 3.03. The predicted octanol–water partition coefficient (Wildman–Crippen LogP) is 2.85. The molecule has 118 valence electrons. The zero-order chi connectivity index (χ0) is 15.8. The zero-order valence-corrected chi connectivity index (χ0v) is 13.8. The molecule has 21 heavy (non-hydrogen) atoms. The smallest absolute Gasteiger partial charge is 0.338 e. The molecule has 1 aromatic carbocycles. The Kier molecular flexibility index (Phi) is 7.40. The van der Waals surface area contributed by atoms with Gasteiger partial charge >= 0.3 is 5.97 Å². The summed E-state index contributed by atoms with van der Waals surface area (Å²) < 4.78 is 10.3. The Bertz CT molecular complexity index is 457. The molecule has 0 spiro atoms. The second-order valence-electron chi connectivity index (χ2n) is 5.66. The number of benzene rings is 1. The molecule has 1 rings (SSSR count). The summed E-state index contributed by atoms with van der Waals surface area (Å²) >= 11 is 0. The van der Waals surface area contributed by atoms with Crippen molar-refractivity contribution in [1.29, 1.82) is 0 Å². The van der Waals surface area contributed by atoms with E-state index in [2.05, 4.69) is 18.7 Å². The number of esters is 1. The van der Waals surface area contributed by atoms with Crippen LogP contribution >= 0.6 is 0 Å². The minimum atomic E-state index is -0.256. The maximum atomic E-state index is 12.0. The molecule has 0 fully saturated rings. The number of hydrogen-bond acceptors (Lipinski definition) is 4. The second kappa shape index (κ2) is 8.80. The Morgan fingerprint density at radius 1 is 1.24 bits per heavy atom. The van der Waals surface area contributed by atoms with E-state index in [4.69, 9.17) is 9.47 Å². The van der Waals surface area contributed by atoms with Crippen molar-refractivity contribution in [1.82, 2.24) is 4.90 Å². The van der Waals surface area contributed by atoms with Crippen LogP contribution in [0.4, 0.5) is 0 Å². The molecular formula is C17H27NO3. The lowest BCUT2D eigenvalue weighted by atomic mass is 9.96. The summed E-state index contributed by atoms with van der Waals surface area (Å²) in [6, 6.07) is 5.77. The number of ether oxygens (including phenoxy) is 2. The molecule has 0 aromatic heterocycles. The lowest BCUT2D eigenvalue weighted by Crippen LogP contribution is -2.27. The van der Waals surface area contributed by atoms with Crippen LogP contribution in [0.1, 0.15) is 41.3 Å². The fourth-order valence-electron chi connectivity index (χ4n) is 2.19. The van der Waals surface area contributed by atoms with Crippen LogP contribution in [0.15, 0.2) is 18.2 Å². The van der Waals surface area contributed by atoms with Gasteiger partial charge in [-0.1, -0.05) is 19.9 Å². The molecule has 0 unspecified atom stereocenters. The lowest BCUT2D eigenvalue weighted by Gasteiger charge is -2.16. The maximum absolute atomic E-state index is 12.0. The van der Waals surface area contributed by atoms with Crippen LogP contribution in [0.2, 0.25) is 0 Å². The number of aryl methyl sites for hydroxylation is 1. The van der Waals surface area contributed by atoms with Crippen molar-refractivity contribution < 1.29 is 14.3 Å². The Morgan fingerprint density at radius 2 is 1.90 bits per heavy atom. The number of carbonyl (C=O) groups excluding carboxylic acids is 1. The van der Waals surface area contributed by atoms with Crippen LogP contribution < -0.4 is 0 Å². The van der Waals surface area contributed by atoms with E-state index in [0.717, 1.165) is 12.1 Å². The molecule has 0 N–H and O–H groups in total. The van der Waals surface area contributed by atoms with Gasteiger partial charge in [0.1, 0.15) is 6.61 Å². The molecular weight excluding hydrogens is 266 g/mol. The molecule has 0 saturated carbocycles. The van der Waals surface area contributed by atoms with E-state index in [9.17, 15) is 4.79 Å². The highest BCUT2D eigenvalue weighted by Gasteiger charge is 2.11. The Hall–Kier alpha value is -1.39. The number of likely N-dealkylation sites (N-methyl/N-ethyl adjacent to an activating group) is 1. The van der Waals surface area contributed by atoms with Gasteiger partial charge in [0.25, 0.3) is 0 Å². The van der Waals surface area contributed by atoms with Gasteiger partial charge < -0.3 is 14.4 Å². The van der Waals surface area contributed by atoms with Gasteiger partial charge in [-0.15, -0.1) is 0 Å². The molecule has 0 amide bonds. The fraction of sp³-hybridized carbons (Fsp3) is 0.588. The molecule has 0 aliphatic carbocycles. The Labute approximate surface area is 128 Å². The van der Waals surface area contributed by atoms with Gasteiger partial charge in [-0.3, -0.25) is 0 Å². The molecule has 0 atom stereocenters. The summed E-state index contributed by atoms with van der Waals surface area (Å²) in [5.74, 6) is 0.207. The third-order valence-corrected chi connectivity index (χ3v) is 3.51. The van der Waals surface area contributed by atoms with Crippen molar-refractivity contribution in [3.63, 3.8) is 0 Å². The van der Waals surface area contributed by atoms with Crippen LogP contribution in [0.25, 0.3) is 0 Å². The molecule has 0 aliphatic heterocycles. The monoisotopic (exact) mass is 293 g/mol. The maximum Gasteiger partial charge on any atom is 0.338 e. The average Bonchev–Trinajstić information content (AvgIpc) is 2.44. The number of rotatable bonds is 8. The quantitative estimate of drug-likeness (QED) is 0.691. The van der Waals surface area contributed by atoms with E-state index in [1.54, 1.807) is 7.11 Å². The average molecular weight is 293 g/mol. The van der Waals surface area contributed by atoms with Crippen molar-refractivity contribution in [2.45, 2.75) is 26.7 Å². The van der Waals surface area contributed by atoms with E-state index in [-0.39, 0.29) is 5.97 Å². The zero-order valence-electron chi connectivity index (χ0n) is 13.8. The highest BCUT2D eigenvalue weighted by atomic mass is 16.5. The largest absolute Gasteiger partial charge is 0.461 e. The van der Waals surface area contributed by atoms with Gasteiger partial charge in [-0.25, -0.2) is 4.79 Å². The second-order valence-corrected chi connectivity index (χ2v) is 5.66. The third kappa shape index (κ3) is 5.86. The molecule has 4 heteroatoms. The molecule has 0 heterocycles. The Morgan fingerprint density at radius 3 is 2.48 bits per heavy atom. The highest BCUT2D eigenvalue weighted by molar-refractivity contribution is 5.89. The van der Waals surface area contributed by atoms with Crippen LogP contribution in [0.3, 0.4) is 0 Å². The summed E-state index contributed by atoms with van der Waals surface area (Å²) in [6.45, 7) is 8.94. The summed E-state index contributed by atoms with van der Waals surface area (Å²) in [6.07, 6.45) is 0. The van der Waals surface area contributed by atoms with Crippen LogP contribution in [-0.2, 0) is 9.47 Å². The standard InChI is InChI=1S/C17H27NO3/c1-13(2)16-7-6-15(12-14(16)3)17(19)21-11-9-18(4)8-10-20-5/h6-7,12-13H,8-11H2,1-5H3. The molecule has 0 aliphatic rings. The van der Waals surface area contributed by atoms with Crippen molar-refractivity contribution in [2.75, 3.05) is 40.5 Å². The first-order valence-electron chi connectivity index (χ1n) is 7.40. The Balaban J connectivity index is 2.47. The van der Waals surface area contributed by atoms with E-state index in [1.807, 2.05) is 32.2 Å². The van der Waals surface area contributed by atoms with Crippen molar-refractivity contribution in [3.8, 4) is 0 Å². The van der Waals surface area contributed by atoms with E-state index >= 15 is 0 Å². The number of hydrogen-bond donors (Lipinski definition) is 0. The fourth-order valence-corrected chi connectivity index (χ4v) is 2.19. The number of carbonyl (C=O) groups is 1. The first-order valence-corrected chi connectivity index (χ1v) is 7.40. The van der Waals surface area contributed by atoms with Crippen molar-refractivity contribution in [3.05, 3.63) is 34.9 Å². The van der Waals surface area contributed by atoms with E-state index < -0.39 is 0 Å². The van der Waals surface area contributed by atoms with E-state index in [1.165, 1.54) is 5.56 Å². The van der Waals surface area contributed by atoms with E-state index in [0.29, 0.717) is 31.2 Å². The number of nitrogens with zero attached hydrogens (tertiary/aromatic N) is 1. The molecule has 0 saturated heterocycles. The number of methoxy groups -OCH3 is 1. The minimum Gasteiger partial charge on any atom is -0.461 e. The molecule has 0 radical (unpaired) electrons. The van der Waals surface area contributed by atoms with Gasteiger partial charge in [0, 0.05) is 20.2 Å². The van der Waals surface area contributed by atoms with Crippen molar-refractivity contribution in [2.24, 2.45) is 0 Å². The summed E-state index contributed by atoms with van der Waals surface area (Å²) in [4.78, 5) is 14.1. The molecule has 4 nitrogen and oxygen atoms in total. The summed E-state index contributed by atoms with van der Waals surface area (Å²) in [5, 5.41) is 0. The minimum absolute atomic E-state index is 0.256. The normalized spacial score (nSPS) is 11.2. The first kappa shape index (κ1) is 17.7. The molecule has 0 bridgehead atoms. The lowest BCUT2D eigenvalue weighted by molar-refractivity contribution is 0.0462. The van der Waals surface area contributed by atoms with Crippen LogP contribution in [-0.4, -0.2) is 51.3 Å². The van der Waals surface area contributed by atoms with Crippen LogP contribution in [0.5, 0.6) is 0 Å². The van der Waals surface area contributed by atoms with Gasteiger partial charge in [0.2, 0.25) is 0 Å². The predicted molar refractivity (Wildman–Crippen MR) is 84.9 cm³/mol. The third-order valence-electron chi connectivity index (χ3n) is 3.51. The van der Waals surface area contributed by atoms with Crippen molar-refractivity contribution >= 4 is 5.97 Å². The van der Waals surface area contributed by atoms with Crippen LogP contribution in [0, 0.1) is 6.92 Å². The van der Waals surface area contributed by atoms with Gasteiger partial charge in [0.15, 0.2) is 0 Å². The molecule has 1 aromatic rings. The summed E-state index contributed by atoms with van der Waals surface area (Å²) in [7, 11) is 3.66. The SMILES string of the molecule is COCCN(C)CCOC(=O)c1ccc(C(C)C)c(C)c1.